The van der Waals surface area contributed by atoms with Crippen LogP contribution in [-0.4, -0.2) is 31.1 Å². The zero-order valence-corrected chi connectivity index (χ0v) is 12.2. The van der Waals surface area contributed by atoms with Crippen molar-refractivity contribution in [2.45, 2.75) is 44.7 Å². The van der Waals surface area contributed by atoms with Gasteiger partial charge in [-0.3, -0.25) is 4.90 Å². The van der Waals surface area contributed by atoms with E-state index in [-0.39, 0.29) is 0 Å². The molecule has 2 heteroatoms. The van der Waals surface area contributed by atoms with Gasteiger partial charge < -0.3 is 5.32 Å². The summed E-state index contributed by atoms with van der Waals surface area (Å²) >= 11 is 0. The van der Waals surface area contributed by atoms with E-state index in [0.29, 0.717) is 12.1 Å². The fourth-order valence-electron chi connectivity index (χ4n) is 3.57. The van der Waals surface area contributed by atoms with Gasteiger partial charge in [-0.15, -0.1) is 0 Å². The first kappa shape index (κ1) is 13.1. The van der Waals surface area contributed by atoms with E-state index in [2.05, 4.69) is 48.5 Å². The van der Waals surface area contributed by atoms with Gasteiger partial charge in [-0.1, -0.05) is 31.2 Å². The Balaban J connectivity index is 1.79. The van der Waals surface area contributed by atoms with Crippen LogP contribution in [-0.2, 0) is 6.42 Å². The van der Waals surface area contributed by atoms with Gasteiger partial charge in [0, 0.05) is 18.6 Å². The maximum atomic E-state index is 3.56. The van der Waals surface area contributed by atoms with Crippen LogP contribution in [0.4, 0.5) is 0 Å². The van der Waals surface area contributed by atoms with E-state index < -0.39 is 0 Å². The maximum absolute atomic E-state index is 3.56. The second-order valence-electron chi connectivity index (χ2n) is 6.17. The summed E-state index contributed by atoms with van der Waals surface area (Å²) in [6.45, 7) is 4.86. The third-order valence-corrected chi connectivity index (χ3v) is 4.68. The molecule has 2 atom stereocenters. The highest BCUT2D eigenvalue weighted by Gasteiger charge is 2.36. The number of nitrogens with one attached hydrogen (secondary N) is 1. The summed E-state index contributed by atoms with van der Waals surface area (Å²) in [7, 11) is 2.11. The average Bonchev–Trinajstić information content (AvgIpc) is 3.16. The number of hydrogen-bond acceptors (Lipinski definition) is 2. The fourth-order valence-corrected chi connectivity index (χ4v) is 3.57. The first-order valence-corrected chi connectivity index (χ1v) is 7.82. The van der Waals surface area contributed by atoms with E-state index in [0.717, 1.165) is 5.92 Å². The van der Waals surface area contributed by atoms with Gasteiger partial charge in [0.05, 0.1) is 0 Å². The highest BCUT2D eigenvalue weighted by Crippen LogP contribution is 2.37. The molecule has 104 valence electrons. The fraction of sp³-hybridized carbons (Fsp3) is 0.647. The summed E-state index contributed by atoms with van der Waals surface area (Å²) in [5, 5.41) is 3.56. The molecule has 2 aliphatic rings. The standard InChI is InChI=1S/C17H26N2/c1-3-10-19(12-13-8-9-13)16-11-14-6-4-5-7-15(14)17(16)18-2/h4-7,13,16-18H,3,8-12H2,1-2H3. The lowest BCUT2D eigenvalue weighted by atomic mass is 10.1. The minimum absolute atomic E-state index is 0.515. The molecule has 0 saturated heterocycles. The lowest BCUT2D eigenvalue weighted by Gasteiger charge is -2.33. The summed E-state index contributed by atoms with van der Waals surface area (Å²) in [4.78, 5) is 2.75. The van der Waals surface area contributed by atoms with Crippen molar-refractivity contribution in [2.75, 3.05) is 20.1 Å². The molecule has 1 aromatic carbocycles. The van der Waals surface area contributed by atoms with Crippen LogP contribution in [0.2, 0.25) is 0 Å². The van der Waals surface area contributed by atoms with E-state index in [1.165, 1.54) is 44.3 Å². The highest BCUT2D eigenvalue weighted by molar-refractivity contribution is 5.37. The molecule has 0 aliphatic heterocycles. The van der Waals surface area contributed by atoms with Crippen molar-refractivity contribution in [2.24, 2.45) is 5.92 Å². The molecule has 2 unspecified atom stereocenters. The van der Waals surface area contributed by atoms with Gasteiger partial charge in [-0.25, -0.2) is 0 Å². The molecule has 1 aromatic rings. The predicted molar refractivity (Wildman–Crippen MR) is 80.3 cm³/mol. The van der Waals surface area contributed by atoms with Crippen LogP contribution >= 0.6 is 0 Å². The van der Waals surface area contributed by atoms with Crippen LogP contribution < -0.4 is 5.32 Å². The Hall–Kier alpha value is -0.860. The molecule has 2 nitrogen and oxygen atoms in total. The molecule has 3 rings (SSSR count). The second kappa shape index (κ2) is 5.64. The molecule has 0 radical (unpaired) electrons. The molecule has 0 amide bonds. The molecule has 0 heterocycles. The van der Waals surface area contributed by atoms with Crippen molar-refractivity contribution in [1.82, 2.24) is 10.2 Å². The Bertz CT molecular complexity index is 425. The third kappa shape index (κ3) is 2.70. The Kier molecular flexibility index (Phi) is 3.90. The lowest BCUT2D eigenvalue weighted by Crippen LogP contribution is -2.43. The molecule has 1 N–H and O–H groups in total. The van der Waals surface area contributed by atoms with E-state index in [9.17, 15) is 0 Å². The van der Waals surface area contributed by atoms with Crippen molar-refractivity contribution in [3.05, 3.63) is 35.4 Å². The van der Waals surface area contributed by atoms with Crippen molar-refractivity contribution in [3.8, 4) is 0 Å². The van der Waals surface area contributed by atoms with Crippen molar-refractivity contribution >= 4 is 0 Å². The largest absolute Gasteiger partial charge is 0.312 e. The number of hydrogen-bond donors (Lipinski definition) is 1. The predicted octanol–water partition coefficient (Wildman–Crippen LogP) is 2.99. The Labute approximate surface area is 117 Å². The molecule has 2 aliphatic carbocycles. The van der Waals surface area contributed by atoms with Crippen LogP contribution in [0.1, 0.15) is 43.4 Å². The van der Waals surface area contributed by atoms with Gasteiger partial charge in [-0.05, 0) is 56.3 Å². The topological polar surface area (TPSA) is 15.3 Å². The number of rotatable bonds is 6. The number of nitrogens with zero attached hydrogens (tertiary/aromatic N) is 1. The van der Waals surface area contributed by atoms with E-state index in [1.807, 2.05) is 0 Å². The minimum Gasteiger partial charge on any atom is -0.312 e. The molecule has 0 spiro atoms. The second-order valence-corrected chi connectivity index (χ2v) is 6.17. The van der Waals surface area contributed by atoms with Crippen LogP contribution in [0.5, 0.6) is 0 Å². The molecular formula is C17H26N2. The zero-order chi connectivity index (χ0) is 13.2. The van der Waals surface area contributed by atoms with Gasteiger partial charge in [0.2, 0.25) is 0 Å². The van der Waals surface area contributed by atoms with Gasteiger partial charge in [-0.2, -0.15) is 0 Å². The van der Waals surface area contributed by atoms with Crippen LogP contribution in [0.15, 0.2) is 24.3 Å². The number of likely N-dealkylation sites (N-methyl/N-ethyl adjacent to an activating group) is 1. The Morgan fingerprint density at radius 2 is 2.05 bits per heavy atom. The summed E-state index contributed by atoms with van der Waals surface area (Å²) in [5.74, 6) is 0.979. The molecule has 19 heavy (non-hydrogen) atoms. The average molecular weight is 258 g/mol. The van der Waals surface area contributed by atoms with Gasteiger partial charge in [0.1, 0.15) is 0 Å². The molecular weight excluding hydrogens is 232 g/mol. The number of fused-ring (bicyclic) bond motifs is 1. The maximum Gasteiger partial charge on any atom is 0.0481 e. The first-order valence-electron chi connectivity index (χ1n) is 7.82. The summed E-state index contributed by atoms with van der Waals surface area (Å²) in [6.07, 6.45) is 5.37. The summed E-state index contributed by atoms with van der Waals surface area (Å²) in [5.41, 5.74) is 3.07. The number of benzene rings is 1. The smallest absolute Gasteiger partial charge is 0.0481 e. The molecule has 0 bridgehead atoms. The monoisotopic (exact) mass is 258 g/mol. The third-order valence-electron chi connectivity index (χ3n) is 4.68. The van der Waals surface area contributed by atoms with Crippen LogP contribution in [0.25, 0.3) is 0 Å². The minimum atomic E-state index is 0.515. The SMILES string of the molecule is CCCN(CC1CC1)C1Cc2ccccc2C1NC. The van der Waals surface area contributed by atoms with Crippen molar-refractivity contribution in [1.29, 1.82) is 0 Å². The van der Waals surface area contributed by atoms with Gasteiger partial charge in [0.25, 0.3) is 0 Å². The molecule has 1 saturated carbocycles. The Morgan fingerprint density at radius 1 is 1.26 bits per heavy atom. The van der Waals surface area contributed by atoms with Gasteiger partial charge in [0.15, 0.2) is 0 Å². The van der Waals surface area contributed by atoms with Gasteiger partial charge >= 0.3 is 0 Å². The highest BCUT2D eigenvalue weighted by atomic mass is 15.2. The first-order chi connectivity index (χ1) is 9.33. The summed E-state index contributed by atoms with van der Waals surface area (Å²) in [6, 6.07) is 10.1. The van der Waals surface area contributed by atoms with E-state index >= 15 is 0 Å². The van der Waals surface area contributed by atoms with Crippen LogP contribution in [0, 0.1) is 5.92 Å². The normalized spacial score (nSPS) is 25.8. The van der Waals surface area contributed by atoms with E-state index in [4.69, 9.17) is 0 Å². The van der Waals surface area contributed by atoms with E-state index in [1.54, 1.807) is 5.56 Å². The molecule has 0 aromatic heterocycles. The zero-order valence-electron chi connectivity index (χ0n) is 12.2. The van der Waals surface area contributed by atoms with Crippen LogP contribution in [0.3, 0.4) is 0 Å². The lowest BCUT2D eigenvalue weighted by molar-refractivity contribution is 0.162. The van der Waals surface area contributed by atoms with Crippen molar-refractivity contribution < 1.29 is 0 Å². The summed E-state index contributed by atoms with van der Waals surface area (Å²) < 4.78 is 0. The quantitative estimate of drug-likeness (QED) is 0.844. The Morgan fingerprint density at radius 3 is 2.74 bits per heavy atom. The van der Waals surface area contributed by atoms with Crippen molar-refractivity contribution in [3.63, 3.8) is 0 Å². The molecule has 1 fully saturated rings.